The summed E-state index contributed by atoms with van der Waals surface area (Å²) in [6, 6.07) is 20.1. The number of non-ortho nitro benzene ring substituents is 1. The van der Waals surface area contributed by atoms with Crippen molar-refractivity contribution in [1.82, 2.24) is 14.8 Å². The van der Waals surface area contributed by atoms with Crippen molar-refractivity contribution in [2.75, 3.05) is 0 Å². The molecule has 2 aromatic carbocycles. The third-order valence-electron chi connectivity index (χ3n) is 4.09. The molecule has 2 heterocycles. The summed E-state index contributed by atoms with van der Waals surface area (Å²) in [5, 5.41) is 15.7. The fraction of sp³-hybridized carbons (Fsp3) is 0. The summed E-state index contributed by atoms with van der Waals surface area (Å²) in [6.45, 7) is 0. The Balaban J connectivity index is 1.97. The van der Waals surface area contributed by atoms with Crippen LogP contribution in [0.2, 0.25) is 0 Å². The van der Waals surface area contributed by atoms with E-state index in [1.54, 1.807) is 35.4 Å². The van der Waals surface area contributed by atoms with Gasteiger partial charge in [0, 0.05) is 35.7 Å². The number of para-hydroxylation sites is 1. The summed E-state index contributed by atoms with van der Waals surface area (Å²) < 4.78 is 1.80. The average Bonchev–Trinajstić information content (AvgIpc) is 3.14. The Kier molecular flexibility index (Phi) is 3.99. The zero-order valence-electron chi connectivity index (χ0n) is 13.7. The molecule has 6 nitrogen and oxygen atoms in total. The van der Waals surface area contributed by atoms with Gasteiger partial charge in [-0.25, -0.2) is 4.68 Å². The SMILES string of the molecule is O=[N+]([O-])c1cccc(-c2c(-c3ccncc3)cnn2-c2ccccc2)c1. The molecule has 0 fully saturated rings. The molecule has 0 unspecified atom stereocenters. The minimum atomic E-state index is -0.390. The molecule has 0 bridgehead atoms. The van der Waals surface area contributed by atoms with Crippen LogP contribution in [0, 0.1) is 10.1 Å². The number of nitro groups is 1. The maximum Gasteiger partial charge on any atom is 0.270 e. The molecule has 0 aliphatic carbocycles. The largest absolute Gasteiger partial charge is 0.270 e. The van der Waals surface area contributed by atoms with E-state index in [9.17, 15) is 10.1 Å². The molecule has 26 heavy (non-hydrogen) atoms. The molecule has 2 aromatic heterocycles. The van der Waals surface area contributed by atoms with Crippen LogP contribution in [0.25, 0.3) is 28.1 Å². The van der Waals surface area contributed by atoms with Crippen molar-refractivity contribution in [2.24, 2.45) is 0 Å². The molecule has 0 saturated heterocycles. The first kappa shape index (κ1) is 15.7. The molecule has 0 saturated carbocycles. The van der Waals surface area contributed by atoms with Crippen LogP contribution in [0.3, 0.4) is 0 Å². The van der Waals surface area contributed by atoms with E-state index in [0.717, 1.165) is 28.1 Å². The van der Waals surface area contributed by atoms with E-state index in [4.69, 9.17) is 0 Å². The Morgan fingerprint density at radius 3 is 2.38 bits per heavy atom. The first-order valence-corrected chi connectivity index (χ1v) is 8.03. The van der Waals surface area contributed by atoms with Crippen LogP contribution in [-0.2, 0) is 0 Å². The molecule has 0 spiro atoms. The highest BCUT2D eigenvalue weighted by Crippen LogP contribution is 2.34. The Bertz CT molecular complexity index is 1000. The molecule has 4 rings (SSSR count). The zero-order chi connectivity index (χ0) is 17.9. The van der Waals surface area contributed by atoms with E-state index in [0.29, 0.717) is 0 Å². The second-order valence-corrected chi connectivity index (χ2v) is 5.70. The lowest BCUT2D eigenvalue weighted by Crippen LogP contribution is -1.99. The maximum absolute atomic E-state index is 11.2. The van der Waals surface area contributed by atoms with Crippen molar-refractivity contribution in [2.45, 2.75) is 0 Å². The van der Waals surface area contributed by atoms with Crippen molar-refractivity contribution in [3.8, 4) is 28.1 Å². The van der Waals surface area contributed by atoms with Gasteiger partial charge in [0.2, 0.25) is 0 Å². The third kappa shape index (κ3) is 2.84. The van der Waals surface area contributed by atoms with Gasteiger partial charge in [0.15, 0.2) is 0 Å². The van der Waals surface area contributed by atoms with Gasteiger partial charge in [0.25, 0.3) is 5.69 Å². The minimum Gasteiger partial charge on any atom is -0.265 e. The first-order chi connectivity index (χ1) is 12.7. The lowest BCUT2D eigenvalue weighted by Gasteiger charge is -2.10. The Morgan fingerprint density at radius 1 is 0.885 bits per heavy atom. The predicted molar refractivity (Wildman–Crippen MR) is 98.9 cm³/mol. The molecule has 0 radical (unpaired) electrons. The Labute approximate surface area is 149 Å². The van der Waals surface area contributed by atoms with Crippen LogP contribution in [0.1, 0.15) is 0 Å². The van der Waals surface area contributed by atoms with E-state index in [1.165, 1.54) is 6.07 Å². The van der Waals surface area contributed by atoms with E-state index in [-0.39, 0.29) is 5.69 Å². The summed E-state index contributed by atoms with van der Waals surface area (Å²) in [4.78, 5) is 14.9. The van der Waals surface area contributed by atoms with E-state index < -0.39 is 4.92 Å². The first-order valence-electron chi connectivity index (χ1n) is 8.03. The maximum atomic E-state index is 11.2. The second kappa shape index (κ2) is 6.60. The lowest BCUT2D eigenvalue weighted by atomic mass is 10.0. The zero-order valence-corrected chi connectivity index (χ0v) is 13.7. The van der Waals surface area contributed by atoms with Crippen molar-refractivity contribution in [1.29, 1.82) is 0 Å². The lowest BCUT2D eigenvalue weighted by molar-refractivity contribution is -0.384. The normalized spacial score (nSPS) is 10.6. The van der Waals surface area contributed by atoms with Gasteiger partial charge >= 0.3 is 0 Å². The van der Waals surface area contributed by atoms with Gasteiger partial charge in [-0.05, 0) is 29.8 Å². The number of hydrogen-bond acceptors (Lipinski definition) is 4. The van der Waals surface area contributed by atoms with Crippen LogP contribution >= 0.6 is 0 Å². The van der Waals surface area contributed by atoms with Gasteiger partial charge in [0.1, 0.15) is 0 Å². The summed E-state index contributed by atoms with van der Waals surface area (Å²) >= 11 is 0. The van der Waals surface area contributed by atoms with Crippen molar-refractivity contribution >= 4 is 5.69 Å². The molecule has 0 aliphatic heterocycles. The predicted octanol–water partition coefficient (Wildman–Crippen LogP) is 4.51. The molecule has 0 atom stereocenters. The van der Waals surface area contributed by atoms with E-state index in [1.807, 2.05) is 48.5 Å². The summed E-state index contributed by atoms with van der Waals surface area (Å²) in [5.41, 5.74) is 4.29. The van der Waals surface area contributed by atoms with E-state index >= 15 is 0 Å². The topological polar surface area (TPSA) is 73.8 Å². The number of nitro benzene ring substituents is 1. The smallest absolute Gasteiger partial charge is 0.265 e. The van der Waals surface area contributed by atoms with Crippen LogP contribution in [0.5, 0.6) is 0 Å². The molecular formula is C20H14N4O2. The van der Waals surface area contributed by atoms with Crippen molar-refractivity contribution in [3.63, 3.8) is 0 Å². The van der Waals surface area contributed by atoms with Crippen LogP contribution in [-0.4, -0.2) is 19.7 Å². The fourth-order valence-electron chi connectivity index (χ4n) is 2.90. The number of hydrogen-bond donors (Lipinski definition) is 0. The number of benzene rings is 2. The monoisotopic (exact) mass is 342 g/mol. The summed E-state index contributed by atoms with van der Waals surface area (Å²) in [6.07, 6.45) is 5.20. The standard InChI is InChI=1S/C20H14N4O2/c25-24(26)18-8-4-5-16(13-18)20-19(15-9-11-21-12-10-15)14-22-23(20)17-6-2-1-3-7-17/h1-14H. The second-order valence-electron chi connectivity index (χ2n) is 5.70. The quantitative estimate of drug-likeness (QED) is 0.404. The highest BCUT2D eigenvalue weighted by Gasteiger charge is 2.18. The van der Waals surface area contributed by atoms with E-state index in [2.05, 4.69) is 10.1 Å². The molecule has 6 heteroatoms. The summed E-state index contributed by atoms with van der Waals surface area (Å²) in [5.74, 6) is 0. The van der Waals surface area contributed by atoms with Gasteiger partial charge in [-0.3, -0.25) is 15.1 Å². The molecular weight excluding hydrogens is 328 g/mol. The van der Waals surface area contributed by atoms with Crippen molar-refractivity contribution in [3.05, 3.63) is 95.4 Å². The highest BCUT2D eigenvalue weighted by atomic mass is 16.6. The minimum absolute atomic E-state index is 0.0454. The number of rotatable bonds is 4. The molecule has 0 aliphatic rings. The van der Waals surface area contributed by atoms with Crippen LogP contribution in [0.15, 0.2) is 85.3 Å². The van der Waals surface area contributed by atoms with Gasteiger partial charge in [-0.2, -0.15) is 5.10 Å². The molecule has 126 valence electrons. The van der Waals surface area contributed by atoms with Crippen molar-refractivity contribution < 1.29 is 4.92 Å². The Hall–Kier alpha value is -3.80. The van der Waals surface area contributed by atoms with Crippen LogP contribution < -0.4 is 0 Å². The molecule has 0 N–H and O–H groups in total. The number of nitrogens with zero attached hydrogens (tertiary/aromatic N) is 4. The fourth-order valence-corrected chi connectivity index (χ4v) is 2.90. The van der Waals surface area contributed by atoms with Gasteiger partial charge in [-0.1, -0.05) is 30.3 Å². The van der Waals surface area contributed by atoms with Crippen LogP contribution in [0.4, 0.5) is 5.69 Å². The number of pyridine rings is 1. The average molecular weight is 342 g/mol. The molecule has 4 aromatic rings. The van der Waals surface area contributed by atoms with Gasteiger partial charge < -0.3 is 0 Å². The summed E-state index contributed by atoms with van der Waals surface area (Å²) in [7, 11) is 0. The Morgan fingerprint density at radius 2 is 1.65 bits per heavy atom. The van der Waals surface area contributed by atoms with Gasteiger partial charge in [0.05, 0.1) is 22.5 Å². The third-order valence-corrected chi connectivity index (χ3v) is 4.09. The highest BCUT2D eigenvalue weighted by molar-refractivity contribution is 5.82. The van der Waals surface area contributed by atoms with Gasteiger partial charge in [-0.15, -0.1) is 0 Å². The molecule has 0 amide bonds. The number of aromatic nitrogens is 3.